The van der Waals surface area contributed by atoms with Crippen molar-refractivity contribution in [3.63, 3.8) is 0 Å². The summed E-state index contributed by atoms with van der Waals surface area (Å²) in [6.07, 6.45) is -1.14. The maximum Gasteiger partial charge on any atom is 0.409 e. The van der Waals surface area contributed by atoms with Crippen molar-refractivity contribution in [1.82, 2.24) is 15.1 Å². The molecule has 2 aliphatic rings. The topological polar surface area (TPSA) is 210 Å². The molecule has 1 fully saturated rings. The quantitative estimate of drug-likeness (QED) is 0.143. The van der Waals surface area contributed by atoms with Crippen LogP contribution < -0.4 is 25.4 Å². The van der Waals surface area contributed by atoms with Gasteiger partial charge in [0.1, 0.15) is 6.04 Å². The zero-order valence-corrected chi connectivity index (χ0v) is 25.3. The van der Waals surface area contributed by atoms with Crippen LogP contribution in [-0.4, -0.2) is 69.9 Å². The van der Waals surface area contributed by atoms with Gasteiger partial charge in [-0.25, -0.2) is 9.59 Å². The highest BCUT2D eigenvalue weighted by Gasteiger charge is 2.43. The number of carboxylic acid groups (broad SMARTS) is 1. The van der Waals surface area contributed by atoms with Crippen molar-refractivity contribution in [2.45, 2.75) is 38.5 Å². The van der Waals surface area contributed by atoms with Crippen LogP contribution >= 0.6 is 0 Å². The van der Waals surface area contributed by atoms with E-state index in [4.69, 9.17) is 14.6 Å². The van der Waals surface area contributed by atoms with Gasteiger partial charge in [-0.2, -0.15) is 0 Å². The van der Waals surface area contributed by atoms with Gasteiger partial charge in [-0.15, -0.1) is 0 Å². The minimum atomic E-state index is -1.20. The highest BCUT2D eigenvalue weighted by atomic mass is 16.6. The molecule has 1 unspecified atom stereocenters. The van der Waals surface area contributed by atoms with Crippen LogP contribution in [0.3, 0.4) is 0 Å². The van der Waals surface area contributed by atoms with Crippen LogP contribution in [0, 0.1) is 10.1 Å². The number of ether oxygens (including phenoxy) is 2. The van der Waals surface area contributed by atoms with Crippen molar-refractivity contribution in [2.75, 3.05) is 24.9 Å². The molecule has 0 radical (unpaired) electrons. The Kier molecular flexibility index (Phi) is 9.21. The molecule has 6 amide bonds. The number of benzene rings is 3. The van der Waals surface area contributed by atoms with Crippen molar-refractivity contribution in [3.8, 4) is 11.5 Å². The maximum absolute atomic E-state index is 13.6. The Bertz CT molecular complexity index is 1780. The van der Waals surface area contributed by atoms with Gasteiger partial charge in [-0.05, 0) is 53.9 Å². The van der Waals surface area contributed by atoms with E-state index in [-0.39, 0.29) is 61.1 Å². The molecule has 16 heteroatoms. The number of hydrogen-bond acceptors (Lipinski definition) is 9. The summed E-state index contributed by atoms with van der Waals surface area (Å²) in [5.74, 6) is -1.23. The molecule has 0 aromatic heterocycles. The van der Waals surface area contributed by atoms with Gasteiger partial charge in [0.05, 0.1) is 37.3 Å². The summed E-state index contributed by atoms with van der Waals surface area (Å²) >= 11 is 0. The van der Waals surface area contributed by atoms with Crippen LogP contribution in [0.4, 0.5) is 26.7 Å². The highest BCUT2D eigenvalue weighted by molar-refractivity contribution is 6.05. The lowest BCUT2D eigenvalue weighted by molar-refractivity contribution is -0.385. The summed E-state index contributed by atoms with van der Waals surface area (Å²) < 4.78 is 10.4. The molecule has 0 saturated carbocycles. The molecule has 5 rings (SSSR count). The van der Waals surface area contributed by atoms with Crippen LogP contribution in [-0.2, 0) is 29.2 Å². The Morgan fingerprint density at radius 1 is 0.979 bits per heavy atom. The van der Waals surface area contributed by atoms with Crippen LogP contribution in [0.5, 0.6) is 11.5 Å². The third-order valence-electron chi connectivity index (χ3n) is 7.82. The van der Waals surface area contributed by atoms with Crippen LogP contribution in [0.1, 0.15) is 39.9 Å². The molecule has 1 saturated heterocycles. The number of anilines is 2. The van der Waals surface area contributed by atoms with Gasteiger partial charge in [0.25, 0.3) is 17.5 Å². The van der Waals surface area contributed by atoms with E-state index in [1.807, 2.05) is 0 Å². The molecule has 1 atom stereocenters. The van der Waals surface area contributed by atoms with Gasteiger partial charge >= 0.3 is 12.1 Å². The Labute approximate surface area is 267 Å². The van der Waals surface area contributed by atoms with E-state index in [0.29, 0.717) is 28.1 Å². The summed E-state index contributed by atoms with van der Waals surface area (Å²) in [4.78, 5) is 76.6. The number of nitro benzene ring substituents is 1. The summed E-state index contributed by atoms with van der Waals surface area (Å²) in [7, 11) is 2.69. The molecular weight excluding hydrogens is 616 g/mol. The van der Waals surface area contributed by atoms with E-state index >= 15 is 0 Å². The Morgan fingerprint density at radius 3 is 2.28 bits per heavy atom. The number of amides is 6. The van der Waals surface area contributed by atoms with Crippen molar-refractivity contribution in [3.05, 3.63) is 87.0 Å². The van der Waals surface area contributed by atoms with E-state index in [2.05, 4.69) is 16.0 Å². The number of rotatable bonds is 10. The third-order valence-corrected chi connectivity index (χ3v) is 7.82. The first-order valence-electron chi connectivity index (χ1n) is 14.3. The number of imide groups is 1. The van der Waals surface area contributed by atoms with Crippen molar-refractivity contribution in [2.24, 2.45) is 0 Å². The van der Waals surface area contributed by atoms with Gasteiger partial charge in [0.2, 0.25) is 5.91 Å². The first-order chi connectivity index (χ1) is 22.5. The molecule has 3 aromatic rings. The molecule has 4 N–H and O–H groups in total. The first-order valence-corrected chi connectivity index (χ1v) is 14.3. The molecular formula is C31H30N6O10. The van der Waals surface area contributed by atoms with Gasteiger partial charge in [-0.3, -0.25) is 34.7 Å². The minimum absolute atomic E-state index is 0.0410. The van der Waals surface area contributed by atoms with Gasteiger partial charge in [-0.1, -0.05) is 12.1 Å². The molecule has 0 bridgehead atoms. The number of piperidine rings is 1. The number of hydrogen-bond donors (Lipinski definition) is 4. The molecule has 47 heavy (non-hydrogen) atoms. The lowest BCUT2D eigenvalue weighted by Gasteiger charge is -2.35. The zero-order chi connectivity index (χ0) is 33.8. The number of carbonyl (C=O) groups excluding carboxylic acids is 4. The fraction of sp³-hybridized carbons (Fsp3) is 0.258. The van der Waals surface area contributed by atoms with E-state index in [1.165, 1.54) is 55.5 Å². The molecule has 2 heterocycles. The Balaban J connectivity index is 1.24. The number of nitro groups is 1. The lowest BCUT2D eigenvalue weighted by Crippen LogP contribution is -2.54. The van der Waals surface area contributed by atoms with Crippen molar-refractivity contribution < 1.29 is 43.5 Å². The van der Waals surface area contributed by atoms with Gasteiger partial charge < -0.3 is 30.1 Å². The maximum atomic E-state index is 13.6. The third kappa shape index (κ3) is 6.90. The number of carbonyl (C=O) groups is 5. The minimum Gasteiger partial charge on any atom is -0.493 e. The average molecular weight is 647 g/mol. The van der Waals surface area contributed by atoms with Crippen LogP contribution in [0.2, 0.25) is 0 Å². The van der Waals surface area contributed by atoms with Crippen molar-refractivity contribution in [1.29, 1.82) is 0 Å². The highest BCUT2D eigenvalue weighted by Crippen LogP contribution is 2.36. The second-order valence-corrected chi connectivity index (χ2v) is 10.7. The van der Waals surface area contributed by atoms with E-state index < -0.39 is 34.9 Å². The molecule has 2 aliphatic heterocycles. The van der Waals surface area contributed by atoms with E-state index in [1.54, 1.807) is 18.2 Å². The second kappa shape index (κ2) is 13.4. The predicted molar refractivity (Wildman–Crippen MR) is 165 cm³/mol. The summed E-state index contributed by atoms with van der Waals surface area (Å²) in [5, 5.41) is 28.1. The van der Waals surface area contributed by atoms with Gasteiger partial charge in [0, 0.05) is 36.4 Å². The van der Waals surface area contributed by atoms with Gasteiger partial charge in [0.15, 0.2) is 11.5 Å². The summed E-state index contributed by atoms with van der Waals surface area (Å²) in [5.41, 5.74) is 2.24. The fourth-order valence-electron chi connectivity index (χ4n) is 5.53. The Morgan fingerprint density at radius 2 is 1.64 bits per heavy atom. The normalized spacial score (nSPS) is 15.6. The lowest BCUT2D eigenvalue weighted by atomic mass is 10.0. The number of fused-ring (bicyclic) bond motifs is 1. The average Bonchev–Trinajstić information content (AvgIpc) is 3.37. The number of methoxy groups -OCH3 is 2. The zero-order valence-electron chi connectivity index (χ0n) is 25.3. The molecule has 0 aliphatic carbocycles. The largest absolute Gasteiger partial charge is 0.493 e. The predicted octanol–water partition coefficient (Wildman–Crippen LogP) is 3.70. The number of nitrogens with zero attached hydrogens (tertiary/aromatic N) is 3. The number of likely N-dealkylation sites (tertiary alicyclic amines) is 1. The fourth-order valence-corrected chi connectivity index (χ4v) is 5.53. The van der Waals surface area contributed by atoms with Crippen LogP contribution in [0.25, 0.3) is 0 Å². The Hall–Kier alpha value is -6.19. The summed E-state index contributed by atoms with van der Waals surface area (Å²) in [6.45, 7) is -0.165. The SMILES string of the molecule is COc1cc(CN2C(=O)CCC(N3Cc4cc(CNC(=O)Nc5ccc(NC(=O)O)cc5)ccc4C3=O)C2=O)c([N+](=O)[O-])cc1OC. The second-order valence-electron chi connectivity index (χ2n) is 10.7. The number of urea groups is 1. The molecule has 244 valence electrons. The number of nitrogens with one attached hydrogen (secondary N) is 3. The van der Waals surface area contributed by atoms with Crippen molar-refractivity contribution >= 4 is 46.9 Å². The van der Waals surface area contributed by atoms with E-state index in [0.717, 1.165) is 4.90 Å². The van der Waals surface area contributed by atoms with E-state index in [9.17, 15) is 34.1 Å². The smallest absolute Gasteiger partial charge is 0.409 e. The molecule has 16 nitrogen and oxygen atoms in total. The molecule has 0 spiro atoms. The monoisotopic (exact) mass is 646 g/mol. The standard InChI is InChI=1S/C31H30N6O10/c1-46-25-12-19(24(37(44)45)13-26(25)47-2)16-36-27(38)10-9-23(29(36)40)35-15-18-11-17(3-8-22(18)28(35)39)14-32-30(41)33-20-4-6-21(7-5-20)34-31(42)43/h3-8,11-13,23,34H,9-10,14-16H2,1-2H3,(H,42,43)(H2,32,33,41). The molecule has 3 aromatic carbocycles. The summed E-state index contributed by atoms with van der Waals surface area (Å²) in [6, 6.07) is 12.2. The van der Waals surface area contributed by atoms with Crippen LogP contribution in [0.15, 0.2) is 54.6 Å². The first kappa shape index (κ1) is 32.2.